The molecule has 0 spiro atoms. The van der Waals surface area contributed by atoms with E-state index in [1.807, 2.05) is 0 Å². The maximum absolute atomic E-state index is 12.4. The van der Waals surface area contributed by atoms with Crippen LogP contribution in [0.25, 0.3) is 0 Å². The van der Waals surface area contributed by atoms with Crippen LogP contribution in [0, 0.1) is 0 Å². The Morgan fingerprint density at radius 2 is 1.90 bits per heavy atom. The van der Waals surface area contributed by atoms with Crippen LogP contribution in [0.3, 0.4) is 0 Å². The molecule has 120 valence electrons. The van der Waals surface area contributed by atoms with Crippen LogP contribution < -0.4 is 4.90 Å². The third kappa shape index (κ3) is 4.83. The van der Waals surface area contributed by atoms with Crippen LogP contribution in [0.4, 0.5) is 19.0 Å². The van der Waals surface area contributed by atoms with Gasteiger partial charge in [0.2, 0.25) is 10.0 Å². The van der Waals surface area contributed by atoms with Gasteiger partial charge in [-0.2, -0.15) is 13.2 Å². The zero-order chi connectivity index (χ0) is 16.3. The van der Waals surface area contributed by atoms with Crippen molar-refractivity contribution in [3.05, 3.63) is 18.3 Å². The summed E-state index contributed by atoms with van der Waals surface area (Å²) in [5.74, 6) is -0.0564. The highest BCUT2D eigenvalue weighted by Gasteiger charge is 2.31. The van der Waals surface area contributed by atoms with Crippen LogP contribution >= 0.6 is 0 Å². The van der Waals surface area contributed by atoms with Gasteiger partial charge in [0.25, 0.3) is 0 Å². The van der Waals surface area contributed by atoms with Crippen molar-refractivity contribution >= 4 is 15.8 Å². The van der Waals surface area contributed by atoms with Crippen LogP contribution in [-0.2, 0) is 10.0 Å². The van der Waals surface area contributed by atoms with Crippen molar-refractivity contribution in [1.29, 1.82) is 0 Å². The van der Waals surface area contributed by atoms with Crippen LogP contribution in [0.1, 0.15) is 0 Å². The Labute approximate surface area is 120 Å². The molecule has 0 amide bonds. The molecule has 0 saturated carbocycles. The molecular weight excluding hydrogens is 311 g/mol. The molecule has 1 rings (SSSR count). The van der Waals surface area contributed by atoms with Gasteiger partial charge in [-0.05, 0) is 12.1 Å². The van der Waals surface area contributed by atoms with Gasteiger partial charge in [-0.1, -0.05) is 0 Å². The Morgan fingerprint density at radius 1 is 1.29 bits per heavy atom. The van der Waals surface area contributed by atoms with E-state index in [1.165, 1.54) is 26.2 Å². The molecule has 0 aromatic carbocycles. The van der Waals surface area contributed by atoms with E-state index >= 15 is 0 Å². The van der Waals surface area contributed by atoms with Gasteiger partial charge in [-0.3, -0.25) is 0 Å². The van der Waals surface area contributed by atoms with Gasteiger partial charge in [-0.25, -0.2) is 17.7 Å². The summed E-state index contributed by atoms with van der Waals surface area (Å²) in [7, 11) is -1.01. The molecule has 1 heterocycles. The van der Waals surface area contributed by atoms with Crippen molar-refractivity contribution < 1.29 is 26.7 Å². The zero-order valence-electron chi connectivity index (χ0n) is 11.5. The smallest absolute Gasteiger partial charge is 0.395 e. The lowest BCUT2D eigenvalue weighted by Gasteiger charge is -2.24. The van der Waals surface area contributed by atoms with E-state index in [9.17, 15) is 21.6 Å². The number of aliphatic hydroxyl groups is 1. The number of hydrogen-bond acceptors (Lipinski definition) is 5. The third-order valence-corrected chi connectivity index (χ3v) is 4.36. The molecule has 0 unspecified atom stereocenters. The molecule has 0 atom stereocenters. The summed E-state index contributed by atoms with van der Waals surface area (Å²) < 4.78 is 61.9. The second-order valence-electron chi connectivity index (χ2n) is 4.40. The van der Waals surface area contributed by atoms with Crippen LogP contribution in [-0.4, -0.2) is 62.8 Å². The van der Waals surface area contributed by atoms with Gasteiger partial charge in [0.15, 0.2) is 0 Å². The predicted molar refractivity (Wildman–Crippen MR) is 70.5 cm³/mol. The highest BCUT2D eigenvalue weighted by Crippen LogP contribution is 2.21. The summed E-state index contributed by atoms with van der Waals surface area (Å²) >= 11 is 0. The highest BCUT2D eigenvalue weighted by atomic mass is 32.2. The summed E-state index contributed by atoms with van der Waals surface area (Å²) in [5, 5.41) is 8.81. The number of halogens is 3. The Balaban J connectivity index is 3.03. The Bertz CT molecular complexity index is 558. The lowest BCUT2D eigenvalue weighted by Crippen LogP contribution is -2.36. The first-order valence-electron chi connectivity index (χ1n) is 5.89. The van der Waals surface area contributed by atoms with Crippen molar-refractivity contribution in [2.45, 2.75) is 11.1 Å². The van der Waals surface area contributed by atoms with Crippen molar-refractivity contribution in [3.8, 4) is 0 Å². The van der Waals surface area contributed by atoms with E-state index in [2.05, 4.69) is 4.98 Å². The molecule has 0 aliphatic rings. The molecule has 0 aliphatic carbocycles. The number of sulfonamides is 1. The lowest BCUT2D eigenvalue weighted by atomic mass is 10.4. The minimum absolute atomic E-state index is 0.0564. The first kappa shape index (κ1) is 17.7. The summed E-state index contributed by atoms with van der Waals surface area (Å²) in [6.45, 7) is -2.01. The molecular formula is C11H16F3N3O3S. The summed E-state index contributed by atoms with van der Waals surface area (Å²) in [4.78, 5) is 4.45. The van der Waals surface area contributed by atoms with Gasteiger partial charge >= 0.3 is 6.18 Å². The van der Waals surface area contributed by atoms with Gasteiger partial charge in [0.1, 0.15) is 17.3 Å². The molecule has 0 bridgehead atoms. The molecule has 1 N–H and O–H groups in total. The molecule has 0 saturated heterocycles. The Kier molecular flexibility index (Phi) is 5.54. The molecule has 21 heavy (non-hydrogen) atoms. The normalized spacial score (nSPS) is 12.7. The molecule has 6 nitrogen and oxygen atoms in total. The van der Waals surface area contributed by atoms with Crippen LogP contribution in [0.5, 0.6) is 0 Å². The van der Waals surface area contributed by atoms with E-state index in [-0.39, 0.29) is 17.3 Å². The molecule has 10 heteroatoms. The highest BCUT2D eigenvalue weighted by molar-refractivity contribution is 7.89. The number of pyridine rings is 1. The Morgan fingerprint density at radius 3 is 2.29 bits per heavy atom. The largest absolute Gasteiger partial charge is 0.405 e. The van der Waals surface area contributed by atoms with Crippen LogP contribution in [0.15, 0.2) is 23.2 Å². The van der Waals surface area contributed by atoms with E-state index in [0.717, 1.165) is 15.4 Å². The van der Waals surface area contributed by atoms with Crippen LogP contribution in [0.2, 0.25) is 0 Å². The topological polar surface area (TPSA) is 73.7 Å². The number of hydrogen-bond donors (Lipinski definition) is 1. The minimum atomic E-state index is -4.45. The second-order valence-corrected chi connectivity index (χ2v) is 6.55. The predicted octanol–water partition coefficient (Wildman–Crippen LogP) is 0.693. The van der Waals surface area contributed by atoms with E-state index in [0.29, 0.717) is 0 Å². The number of alkyl halides is 3. The first-order valence-corrected chi connectivity index (χ1v) is 7.33. The van der Waals surface area contributed by atoms with Crippen molar-refractivity contribution in [1.82, 2.24) is 9.29 Å². The van der Waals surface area contributed by atoms with Crippen molar-refractivity contribution in [3.63, 3.8) is 0 Å². The summed E-state index contributed by atoms with van der Waals surface area (Å²) in [5.41, 5.74) is 0. The third-order valence-electron chi connectivity index (χ3n) is 2.56. The minimum Gasteiger partial charge on any atom is -0.395 e. The number of anilines is 1. The summed E-state index contributed by atoms with van der Waals surface area (Å²) in [6.07, 6.45) is -3.46. The number of aliphatic hydroxyl groups excluding tert-OH is 1. The molecule has 0 radical (unpaired) electrons. The van der Waals surface area contributed by atoms with Gasteiger partial charge in [0.05, 0.1) is 6.61 Å². The number of nitrogens with zero attached hydrogens (tertiary/aromatic N) is 3. The van der Waals surface area contributed by atoms with Gasteiger partial charge in [0, 0.05) is 26.8 Å². The standard InChI is InChI=1S/C11H16F3N3O3S/c1-16(2)21(19,20)9-3-4-10(15-7-9)17(5-6-18)8-11(12,13)14/h3-4,7,18H,5-6,8H2,1-2H3. The maximum atomic E-state index is 12.4. The summed E-state index contributed by atoms with van der Waals surface area (Å²) in [6, 6.07) is 2.36. The fraction of sp³-hybridized carbons (Fsp3) is 0.545. The number of rotatable bonds is 6. The quantitative estimate of drug-likeness (QED) is 0.832. The zero-order valence-corrected chi connectivity index (χ0v) is 12.3. The second kappa shape index (κ2) is 6.58. The fourth-order valence-electron chi connectivity index (χ4n) is 1.53. The average Bonchev–Trinajstić information content (AvgIpc) is 2.36. The molecule has 1 aromatic rings. The molecule has 0 aliphatic heterocycles. The van der Waals surface area contributed by atoms with E-state index in [4.69, 9.17) is 5.11 Å². The van der Waals surface area contributed by atoms with E-state index in [1.54, 1.807) is 0 Å². The molecule has 0 fully saturated rings. The van der Waals surface area contributed by atoms with Crippen molar-refractivity contribution in [2.75, 3.05) is 38.7 Å². The maximum Gasteiger partial charge on any atom is 0.405 e. The SMILES string of the molecule is CN(C)S(=O)(=O)c1ccc(N(CCO)CC(F)(F)F)nc1. The average molecular weight is 327 g/mol. The van der Waals surface area contributed by atoms with E-state index < -0.39 is 29.4 Å². The lowest BCUT2D eigenvalue weighted by molar-refractivity contribution is -0.120. The monoisotopic (exact) mass is 327 g/mol. The molecule has 1 aromatic heterocycles. The first-order chi connectivity index (χ1) is 9.58. The number of aromatic nitrogens is 1. The van der Waals surface area contributed by atoms with Gasteiger partial charge in [-0.15, -0.1) is 0 Å². The Hall–Kier alpha value is -1.39. The van der Waals surface area contributed by atoms with Crippen molar-refractivity contribution in [2.24, 2.45) is 0 Å². The fourth-order valence-corrected chi connectivity index (χ4v) is 2.38. The van der Waals surface area contributed by atoms with Gasteiger partial charge < -0.3 is 10.0 Å².